The second kappa shape index (κ2) is 21.4. The van der Waals surface area contributed by atoms with E-state index in [-0.39, 0.29) is 50.7 Å². The molecule has 0 amide bonds. The molecule has 0 spiro atoms. The minimum Gasteiger partial charge on any atom is -1.00 e. The molecule has 244 valence electrons. The van der Waals surface area contributed by atoms with Gasteiger partial charge in [0, 0.05) is 25.8 Å². The van der Waals surface area contributed by atoms with Gasteiger partial charge in [-0.15, -0.1) is 69.1 Å². The summed E-state index contributed by atoms with van der Waals surface area (Å²) in [4.78, 5) is 0. The topological polar surface area (TPSA) is 0 Å². The molecular weight excluding hydrogens is 766 g/mol. The number of aryl methyl sites for hydroxylation is 4. The van der Waals surface area contributed by atoms with E-state index in [0.717, 1.165) is 6.42 Å². The van der Waals surface area contributed by atoms with Crippen molar-refractivity contribution in [3.05, 3.63) is 145 Å². The van der Waals surface area contributed by atoms with E-state index in [9.17, 15) is 0 Å². The molecule has 0 heterocycles. The van der Waals surface area contributed by atoms with Crippen LogP contribution in [0.15, 0.2) is 109 Å². The molecule has 0 fully saturated rings. The van der Waals surface area contributed by atoms with Crippen LogP contribution in [0.2, 0.25) is 0 Å². The number of hydrogen-bond donors (Lipinski definition) is 0. The molecule has 0 radical (unpaired) electrons. The number of unbranched alkanes of at least 4 members (excludes halogenated alkanes) is 2. The van der Waals surface area contributed by atoms with Gasteiger partial charge in [0.05, 0.1) is 0 Å². The van der Waals surface area contributed by atoms with Crippen LogP contribution in [0.1, 0.15) is 68.2 Å². The molecule has 0 aromatic heterocycles. The smallest absolute Gasteiger partial charge is 0 e. The van der Waals surface area contributed by atoms with E-state index < -0.39 is 0 Å². The quantitative estimate of drug-likeness (QED) is 0.117. The fourth-order valence-corrected chi connectivity index (χ4v) is 5.61. The molecule has 0 aliphatic rings. The van der Waals surface area contributed by atoms with Crippen LogP contribution in [-0.2, 0) is 38.7 Å². The van der Waals surface area contributed by atoms with Crippen LogP contribution >= 0.6 is 0 Å². The van der Waals surface area contributed by atoms with Crippen LogP contribution in [0.3, 0.4) is 0 Å². The zero-order valence-corrected chi connectivity index (χ0v) is 33.1. The number of rotatable bonds is 8. The van der Waals surface area contributed by atoms with Gasteiger partial charge in [-0.1, -0.05) is 122 Å². The third-order valence-electron chi connectivity index (χ3n) is 7.98. The Morgan fingerprint density at radius 1 is 0.543 bits per heavy atom. The van der Waals surface area contributed by atoms with Gasteiger partial charge in [-0.05, 0) is 37.8 Å². The first-order valence-electron chi connectivity index (χ1n) is 16.1. The Balaban J connectivity index is 0.000000400. The number of halogens is 2. The Morgan fingerprint density at radius 2 is 0.891 bits per heavy atom. The maximum Gasteiger partial charge on any atom is 0 e. The van der Waals surface area contributed by atoms with Gasteiger partial charge in [-0.25, -0.2) is 0 Å². The fourth-order valence-electron chi connectivity index (χ4n) is 5.61. The van der Waals surface area contributed by atoms with E-state index in [2.05, 4.69) is 151 Å². The predicted octanol–water partition coefficient (Wildman–Crippen LogP) is 6.80. The maximum atomic E-state index is 3.38. The van der Waals surface area contributed by atoms with Crippen LogP contribution < -0.4 is 24.8 Å². The van der Waals surface area contributed by atoms with Crippen molar-refractivity contribution in [3.8, 4) is 22.3 Å². The first kappa shape index (κ1) is 41.6. The molecule has 0 N–H and O–H groups in total. The van der Waals surface area contributed by atoms with Crippen molar-refractivity contribution in [2.45, 2.75) is 72.6 Å². The molecule has 46 heavy (non-hydrogen) atoms. The number of benzene rings is 4. The molecule has 0 saturated heterocycles. The Hall–Kier alpha value is -2.45. The normalized spacial score (nSPS) is 10.0. The van der Waals surface area contributed by atoms with Gasteiger partial charge in [0.2, 0.25) is 0 Å². The van der Waals surface area contributed by atoms with Gasteiger partial charge in [-0.3, -0.25) is 0 Å². The van der Waals surface area contributed by atoms with E-state index in [1.54, 1.807) is 0 Å². The summed E-state index contributed by atoms with van der Waals surface area (Å²) in [6, 6.07) is 40.4. The first-order valence-corrected chi connectivity index (χ1v) is 16.1. The molecule has 0 saturated carbocycles. The molecule has 0 nitrogen and oxygen atoms in total. The summed E-state index contributed by atoms with van der Waals surface area (Å²) in [5.41, 5.74) is 10.9. The minimum atomic E-state index is 0. The standard InChI is InChI=1S/2C20H21.C3H6.2ClH.Hf/c2*1-3-4-6-16-13-18-7-5-8-19(20(18)14-16)17-11-9-15(2)10-12-17;1-3-2;;;/h2*5,7-14H,3-4,6H2,1-2H3;1-3H2;2*1H;/q2*-1;-2;;;/p-2. The maximum absolute atomic E-state index is 3.38. The predicted molar refractivity (Wildman–Crippen MR) is 192 cm³/mol. The summed E-state index contributed by atoms with van der Waals surface area (Å²) < 4.78 is 0. The molecule has 0 bridgehead atoms. The van der Waals surface area contributed by atoms with Crippen LogP contribution in [-0.4, -0.2) is 0 Å². The Kier molecular flexibility index (Phi) is 19.4. The first-order chi connectivity index (χ1) is 21.0. The van der Waals surface area contributed by atoms with Crippen LogP contribution in [0, 0.1) is 27.7 Å². The molecule has 0 atom stereocenters. The fraction of sp³-hybridized carbons (Fsp3) is 0.256. The van der Waals surface area contributed by atoms with E-state index >= 15 is 0 Å². The summed E-state index contributed by atoms with van der Waals surface area (Å²) >= 11 is 0. The number of fused-ring (bicyclic) bond motifs is 2. The van der Waals surface area contributed by atoms with Crippen molar-refractivity contribution in [1.82, 2.24) is 0 Å². The van der Waals surface area contributed by atoms with Gasteiger partial charge in [0.1, 0.15) is 0 Å². The van der Waals surface area contributed by atoms with Crippen molar-refractivity contribution >= 4 is 21.5 Å². The van der Waals surface area contributed by atoms with E-state index in [1.807, 2.05) is 0 Å². The van der Waals surface area contributed by atoms with E-state index in [4.69, 9.17) is 0 Å². The second-order valence-corrected chi connectivity index (χ2v) is 11.6. The SMILES string of the molecule is CCCCc1cc2c(-c3ccc(C)cc3)cccc2[cH-]1.CCCCc1cc2c(-c3ccc(C)cc3)cccc2[cH-]1.[CH2-]C[CH2-].[Cl-].[Cl-].[Hf]. The average Bonchev–Trinajstić information content (AvgIpc) is 3.64. The van der Waals surface area contributed by atoms with Crippen molar-refractivity contribution in [2.24, 2.45) is 0 Å². The summed E-state index contributed by atoms with van der Waals surface area (Å²) in [6.07, 6.45) is 8.20. The Bertz CT molecular complexity index is 1560. The third-order valence-corrected chi connectivity index (χ3v) is 7.98. The van der Waals surface area contributed by atoms with Crippen LogP contribution in [0.5, 0.6) is 0 Å². The monoisotopic (exact) mass is 814 g/mol. The third kappa shape index (κ3) is 11.4. The summed E-state index contributed by atoms with van der Waals surface area (Å²) in [5.74, 6) is 0. The van der Waals surface area contributed by atoms with Crippen molar-refractivity contribution in [1.29, 1.82) is 0 Å². The van der Waals surface area contributed by atoms with Gasteiger partial charge >= 0.3 is 0 Å². The molecule has 0 aliphatic carbocycles. The molecule has 3 heteroatoms. The van der Waals surface area contributed by atoms with Gasteiger partial charge in [-0.2, -0.15) is 12.1 Å². The van der Waals surface area contributed by atoms with Crippen molar-refractivity contribution in [2.75, 3.05) is 0 Å². The van der Waals surface area contributed by atoms with Gasteiger partial charge in [0.25, 0.3) is 0 Å². The second-order valence-electron chi connectivity index (χ2n) is 11.6. The minimum absolute atomic E-state index is 0. The molecule has 6 aromatic carbocycles. The van der Waals surface area contributed by atoms with Crippen LogP contribution in [0.4, 0.5) is 0 Å². The zero-order chi connectivity index (χ0) is 30.6. The largest absolute Gasteiger partial charge is 1.00 e. The Morgan fingerprint density at radius 3 is 1.22 bits per heavy atom. The van der Waals surface area contributed by atoms with E-state index in [1.165, 1.54) is 105 Å². The summed E-state index contributed by atoms with van der Waals surface area (Å²) in [6.45, 7) is 15.5. The molecule has 0 aliphatic heterocycles. The average molecular weight is 814 g/mol. The van der Waals surface area contributed by atoms with Crippen LogP contribution in [0.25, 0.3) is 43.8 Å². The van der Waals surface area contributed by atoms with Crippen molar-refractivity contribution < 1.29 is 50.7 Å². The Labute approximate surface area is 310 Å². The van der Waals surface area contributed by atoms with E-state index in [0.29, 0.717) is 0 Å². The molecule has 6 rings (SSSR count). The van der Waals surface area contributed by atoms with Gasteiger partial charge < -0.3 is 45.1 Å². The number of hydrogen-bond acceptors (Lipinski definition) is 0. The zero-order valence-electron chi connectivity index (χ0n) is 28.0. The molecule has 0 unspecified atom stereocenters. The van der Waals surface area contributed by atoms with Crippen molar-refractivity contribution in [3.63, 3.8) is 0 Å². The molecular formula is C43H48Cl2Hf-6. The van der Waals surface area contributed by atoms with Gasteiger partial charge in [0.15, 0.2) is 0 Å². The summed E-state index contributed by atoms with van der Waals surface area (Å²) in [5, 5.41) is 5.52. The molecule has 6 aromatic rings. The summed E-state index contributed by atoms with van der Waals surface area (Å²) in [7, 11) is 0.